The van der Waals surface area contributed by atoms with Gasteiger partial charge in [-0.2, -0.15) is 12.6 Å². The zero-order valence-corrected chi connectivity index (χ0v) is 8.47. The summed E-state index contributed by atoms with van der Waals surface area (Å²) in [6.07, 6.45) is 3.06. The summed E-state index contributed by atoms with van der Waals surface area (Å²) in [5, 5.41) is 8.50. The average Bonchev–Trinajstić information content (AvgIpc) is 2.12. The molecule has 0 aliphatic heterocycles. The van der Waals surface area contributed by atoms with Crippen molar-refractivity contribution in [2.24, 2.45) is 0 Å². The predicted molar refractivity (Wildman–Crippen MR) is 56.2 cm³/mol. The number of carbonyl (C=O) groups is 1. The van der Waals surface area contributed by atoms with Crippen molar-refractivity contribution in [2.45, 2.75) is 0 Å². The van der Waals surface area contributed by atoms with Gasteiger partial charge < -0.3 is 5.11 Å². The fraction of sp³-hybridized carbons (Fsp3) is 0.100. The molecule has 1 N–H and O–H groups in total. The topological polar surface area (TPSA) is 37.3 Å². The normalized spacial score (nSPS) is 10.9. The Morgan fingerprint density at radius 1 is 1.40 bits per heavy atom. The molecule has 0 spiro atoms. The van der Waals surface area contributed by atoms with Gasteiger partial charge in [-0.1, -0.05) is 12.2 Å². The predicted octanol–water partition coefficient (Wildman–Crippen LogP) is 2.61. The Morgan fingerprint density at radius 2 is 1.93 bits per heavy atom. The minimum absolute atomic E-state index is 0.268. The molecular formula is C10H8F2O2S. The highest BCUT2D eigenvalue weighted by molar-refractivity contribution is 7.80. The second-order valence-electron chi connectivity index (χ2n) is 2.75. The van der Waals surface area contributed by atoms with Crippen molar-refractivity contribution in [3.8, 4) is 0 Å². The third-order valence-corrected chi connectivity index (χ3v) is 1.90. The van der Waals surface area contributed by atoms with E-state index in [-0.39, 0.29) is 5.56 Å². The van der Waals surface area contributed by atoms with E-state index in [0.717, 1.165) is 12.1 Å². The van der Waals surface area contributed by atoms with Gasteiger partial charge in [-0.25, -0.2) is 13.6 Å². The van der Waals surface area contributed by atoms with Crippen molar-refractivity contribution in [3.05, 3.63) is 41.0 Å². The van der Waals surface area contributed by atoms with E-state index in [4.69, 9.17) is 5.11 Å². The first kappa shape index (κ1) is 11.7. The Balaban J connectivity index is 3.19. The number of carboxylic acids is 1. The lowest BCUT2D eigenvalue weighted by molar-refractivity contribution is 0.0686. The van der Waals surface area contributed by atoms with Crippen LogP contribution in [0.3, 0.4) is 0 Å². The lowest BCUT2D eigenvalue weighted by atomic mass is 10.1. The maximum atomic E-state index is 13.1. The number of hydrogen-bond donors (Lipinski definition) is 2. The third-order valence-electron chi connectivity index (χ3n) is 1.69. The average molecular weight is 230 g/mol. The molecule has 0 bridgehead atoms. The van der Waals surface area contributed by atoms with Crippen molar-refractivity contribution < 1.29 is 18.7 Å². The Kier molecular flexibility index (Phi) is 3.85. The second-order valence-corrected chi connectivity index (χ2v) is 3.11. The summed E-state index contributed by atoms with van der Waals surface area (Å²) in [5.41, 5.74) is -0.665. The van der Waals surface area contributed by atoms with Crippen LogP contribution in [-0.4, -0.2) is 16.8 Å². The zero-order chi connectivity index (χ0) is 11.4. The van der Waals surface area contributed by atoms with E-state index in [1.165, 1.54) is 6.08 Å². The molecule has 1 aromatic rings. The molecule has 0 aliphatic carbocycles. The van der Waals surface area contributed by atoms with Gasteiger partial charge in [0.2, 0.25) is 0 Å². The van der Waals surface area contributed by atoms with Crippen LogP contribution in [0.2, 0.25) is 0 Å². The quantitative estimate of drug-likeness (QED) is 0.783. The van der Waals surface area contributed by atoms with E-state index in [0.29, 0.717) is 5.75 Å². The van der Waals surface area contributed by atoms with E-state index in [1.807, 2.05) is 0 Å². The van der Waals surface area contributed by atoms with Crippen LogP contribution in [0.5, 0.6) is 0 Å². The Labute approximate surface area is 90.6 Å². The van der Waals surface area contributed by atoms with E-state index in [2.05, 4.69) is 12.6 Å². The molecule has 1 aromatic carbocycles. The SMILES string of the molecule is O=C(O)c1c(F)cc(C=CCS)cc1F. The standard InChI is InChI=1S/C10H8F2O2S/c11-7-4-6(2-1-3-15)5-8(12)9(7)10(13)14/h1-2,4-5,15H,3H2,(H,13,14). The van der Waals surface area contributed by atoms with Gasteiger partial charge in [0.1, 0.15) is 17.2 Å². The van der Waals surface area contributed by atoms with Crippen LogP contribution < -0.4 is 0 Å². The Bertz CT molecular complexity index is 393. The van der Waals surface area contributed by atoms with Crippen LogP contribution in [0.25, 0.3) is 6.08 Å². The Morgan fingerprint density at radius 3 is 2.33 bits per heavy atom. The van der Waals surface area contributed by atoms with Gasteiger partial charge in [-0.15, -0.1) is 0 Å². The monoisotopic (exact) mass is 230 g/mol. The second kappa shape index (κ2) is 4.93. The summed E-state index contributed by atoms with van der Waals surface area (Å²) < 4.78 is 26.2. The smallest absolute Gasteiger partial charge is 0.341 e. The molecule has 0 saturated carbocycles. The minimum atomic E-state index is -1.62. The first-order valence-electron chi connectivity index (χ1n) is 4.06. The molecule has 0 heterocycles. The van der Waals surface area contributed by atoms with Gasteiger partial charge in [0.15, 0.2) is 0 Å². The lowest BCUT2D eigenvalue weighted by Crippen LogP contribution is -2.04. The van der Waals surface area contributed by atoms with Gasteiger partial charge in [0, 0.05) is 5.75 Å². The largest absolute Gasteiger partial charge is 0.477 e. The molecule has 0 aliphatic rings. The molecule has 0 saturated heterocycles. The van der Waals surface area contributed by atoms with Gasteiger partial charge >= 0.3 is 5.97 Å². The summed E-state index contributed by atoms with van der Waals surface area (Å²) in [6.45, 7) is 0. The van der Waals surface area contributed by atoms with Crippen LogP contribution >= 0.6 is 12.6 Å². The van der Waals surface area contributed by atoms with Crippen LogP contribution in [0.1, 0.15) is 15.9 Å². The lowest BCUT2D eigenvalue weighted by Gasteiger charge is -2.01. The van der Waals surface area contributed by atoms with Gasteiger partial charge in [0.05, 0.1) is 0 Å². The molecule has 0 unspecified atom stereocenters. The third kappa shape index (κ3) is 2.79. The number of aromatic carboxylic acids is 1. The number of thiol groups is 1. The molecule has 0 amide bonds. The fourth-order valence-electron chi connectivity index (χ4n) is 1.08. The van der Waals surface area contributed by atoms with Crippen molar-refractivity contribution in [1.29, 1.82) is 0 Å². The fourth-order valence-corrected chi connectivity index (χ4v) is 1.19. The summed E-state index contributed by atoms with van der Waals surface area (Å²) >= 11 is 3.89. The summed E-state index contributed by atoms with van der Waals surface area (Å²) in [7, 11) is 0. The molecule has 5 heteroatoms. The zero-order valence-electron chi connectivity index (χ0n) is 7.58. The molecular weight excluding hydrogens is 222 g/mol. The molecule has 0 atom stereocenters. The van der Waals surface area contributed by atoms with E-state index >= 15 is 0 Å². The van der Waals surface area contributed by atoms with Gasteiger partial charge in [0.25, 0.3) is 0 Å². The first-order chi connectivity index (χ1) is 7.06. The van der Waals surface area contributed by atoms with Crippen LogP contribution in [-0.2, 0) is 0 Å². The number of hydrogen-bond acceptors (Lipinski definition) is 2. The number of halogens is 2. The van der Waals surface area contributed by atoms with E-state index in [9.17, 15) is 13.6 Å². The summed E-state index contributed by atoms with van der Waals surface area (Å²) in [4.78, 5) is 10.5. The molecule has 0 aromatic heterocycles. The molecule has 0 fully saturated rings. The van der Waals surface area contributed by atoms with E-state index < -0.39 is 23.2 Å². The summed E-state index contributed by atoms with van der Waals surface area (Å²) in [5.74, 6) is -3.35. The Hall–Kier alpha value is -1.36. The minimum Gasteiger partial charge on any atom is -0.477 e. The van der Waals surface area contributed by atoms with Crippen molar-refractivity contribution in [3.63, 3.8) is 0 Å². The van der Waals surface area contributed by atoms with Crippen LogP contribution in [0, 0.1) is 11.6 Å². The van der Waals surface area contributed by atoms with Crippen LogP contribution in [0.4, 0.5) is 8.78 Å². The maximum Gasteiger partial charge on any atom is 0.341 e. The van der Waals surface area contributed by atoms with Gasteiger partial charge in [-0.05, 0) is 17.7 Å². The molecule has 0 radical (unpaired) electrons. The molecule has 80 valence electrons. The number of rotatable bonds is 3. The maximum absolute atomic E-state index is 13.1. The highest BCUT2D eigenvalue weighted by Crippen LogP contribution is 2.16. The highest BCUT2D eigenvalue weighted by atomic mass is 32.1. The highest BCUT2D eigenvalue weighted by Gasteiger charge is 2.16. The van der Waals surface area contributed by atoms with Crippen LogP contribution in [0.15, 0.2) is 18.2 Å². The van der Waals surface area contributed by atoms with Crippen molar-refractivity contribution >= 4 is 24.7 Å². The van der Waals surface area contributed by atoms with Crippen molar-refractivity contribution in [2.75, 3.05) is 5.75 Å². The molecule has 15 heavy (non-hydrogen) atoms. The van der Waals surface area contributed by atoms with E-state index in [1.54, 1.807) is 6.08 Å². The summed E-state index contributed by atoms with van der Waals surface area (Å²) in [6, 6.07) is 1.93. The number of carboxylic acid groups (broad SMARTS) is 1. The first-order valence-corrected chi connectivity index (χ1v) is 4.69. The number of benzene rings is 1. The molecule has 2 nitrogen and oxygen atoms in total. The molecule has 1 rings (SSSR count). The van der Waals surface area contributed by atoms with Crippen molar-refractivity contribution in [1.82, 2.24) is 0 Å². The van der Waals surface area contributed by atoms with Gasteiger partial charge in [-0.3, -0.25) is 0 Å².